The molecule has 6 aromatic rings. The fourth-order valence-corrected chi connectivity index (χ4v) is 4.57. The number of hydrogen-bond acceptors (Lipinski definition) is 4. The molecule has 0 spiro atoms. The second-order valence-electron chi connectivity index (χ2n) is 8.25. The van der Waals surface area contributed by atoms with Gasteiger partial charge in [-0.2, -0.15) is 37.0 Å². The zero-order valence-electron chi connectivity index (χ0n) is 19.3. The van der Waals surface area contributed by atoms with Gasteiger partial charge < -0.3 is 24.2 Å². The van der Waals surface area contributed by atoms with E-state index in [4.69, 9.17) is 0 Å². The number of imidazole rings is 1. The third-order valence-electron chi connectivity index (χ3n) is 6.13. The summed E-state index contributed by atoms with van der Waals surface area (Å²) < 4.78 is 1.94. The van der Waals surface area contributed by atoms with Crippen molar-refractivity contribution in [3.63, 3.8) is 0 Å². The van der Waals surface area contributed by atoms with Gasteiger partial charge >= 0.3 is 20.1 Å². The number of aromatic nitrogens is 3. The number of rotatable bonds is 1. The van der Waals surface area contributed by atoms with Gasteiger partial charge in [0, 0.05) is 28.9 Å². The summed E-state index contributed by atoms with van der Waals surface area (Å²) in [7, 11) is 2.06. The molecule has 0 fully saturated rings. The van der Waals surface area contributed by atoms with Gasteiger partial charge in [0.05, 0.1) is 0 Å². The summed E-state index contributed by atoms with van der Waals surface area (Å²) in [4.78, 5) is 13.1. The van der Waals surface area contributed by atoms with E-state index in [1.807, 2.05) is 28.7 Å². The molecule has 35 heavy (non-hydrogen) atoms. The minimum absolute atomic E-state index is 0. The van der Waals surface area contributed by atoms with Crippen LogP contribution in [0.2, 0.25) is 0 Å². The molecule has 4 heterocycles. The van der Waals surface area contributed by atoms with Gasteiger partial charge in [0.15, 0.2) is 0 Å². The van der Waals surface area contributed by atoms with E-state index in [1.165, 1.54) is 27.7 Å². The molecular weight excluding hydrogens is 611 g/mol. The zero-order chi connectivity index (χ0) is 23.1. The molecule has 0 saturated carbocycles. The molecular formula is C29H22IrN5. The molecule has 7 rings (SSSR count). The van der Waals surface area contributed by atoms with E-state index >= 15 is 0 Å². The van der Waals surface area contributed by atoms with Crippen molar-refractivity contribution in [2.45, 2.75) is 6.92 Å². The largest absolute Gasteiger partial charge is 3.00 e. The van der Waals surface area contributed by atoms with Crippen molar-refractivity contribution in [1.29, 1.82) is 0 Å². The Labute approximate surface area is 218 Å². The molecule has 0 saturated heterocycles. The van der Waals surface area contributed by atoms with Gasteiger partial charge in [-0.25, -0.2) is 0 Å². The van der Waals surface area contributed by atoms with Crippen molar-refractivity contribution in [2.24, 2.45) is 0 Å². The molecule has 0 N–H and O–H groups in total. The number of nitrogens with zero attached hydrogens (tertiary/aromatic N) is 5. The van der Waals surface area contributed by atoms with Crippen molar-refractivity contribution < 1.29 is 20.1 Å². The van der Waals surface area contributed by atoms with E-state index in [9.17, 15) is 0 Å². The molecule has 172 valence electrons. The number of aryl methyl sites for hydroxylation is 1. The van der Waals surface area contributed by atoms with Gasteiger partial charge in [0.1, 0.15) is 0 Å². The van der Waals surface area contributed by atoms with E-state index in [0.717, 1.165) is 22.4 Å². The monoisotopic (exact) mass is 633 g/mol. The van der Waals surface area contributed by atoms with E-state index in [2.05, 4.69) is 107 Å². The first-order chi connectivity index (χ1) is 16.7. The Kier molecular flexibility index (Phi) is 6.25. The average Bonchev–Trinajstić information content (AvgIpc) is 3.51. The van der Waals surface area contributed by atoms with Crippen molar-refractivity contribution in [2.75, 3.05) is 16.8 Å². The molecule has 0 bridgehead atoms. The Morgan fingerprint density at radius 2 is 1.60 bits per heavy atom. The Bertz CT molecular complexity index is 1630. The summed E-state index contributed by atoms with van der Waals surface area (Å²) in [5.41, 5.74) is 6.55. The first kappa shape index (κ1) is 23.0. The minimum Gasteiger partial charge on any atom is -0.504 e. The van der Waals surface area contributed by atoms with Crippen LogP contribution in [-0.4, -0.2) is 21.4 Å². The van der Waals surface area contributed by atoms with Crippen LogP contribution in [0.3, 0.4) is 0 Å². The Morgan fingerprint density at radius 1 is 0.800 bits per heavy atom. The number of pyridine rings is 2. The van der Waals surface area contributed by atoms with Crippen molar-refractivity contribution >= 4 is 44.5 Å². The maximum atomic E-state index is 4.45. The van der Waals surface area contributed by atoms with E-state index in [1.54, 1.807) is 12.4 Å². The van der Waals surface area contributed by atoms with E-state index in [-0.39, 0.29) is 20.1 Å². The van der Waals surface area contributed by atoms with Crippen LogP contribution in [0.25, 0.3) is 27.5 Å². The minimum atomic E-state index is 0. The first-order valence-electron chi connectivity index (χ1n) is 11.2. The Hall–Kier alpha value is -3.73. The van der Waals surface area contributed by atoms with Crippen LogP contribution < -0.4 is 9.80 Å². The van der Waals surface area contributed by atoms with Gasteiger partial charge in [-0.3, -0.25) is 0 Å². The maximum absolute atomic E-state index is 4.45. The number of hydrogen-bond donors (Lipinski definition) is 0. The number of fused-ring (bicyclic) bond motifs is 7. The fraction of sp³-hybridized carbons (Fsp3) is 0.0690. The summed E-state index contributed by atoms with van der Waals surface area (Å²) in [6.45, 7) is 4.19. The summed E-state index contributed by atoms with van der Waals surface area (Å²) in [6.07, 6.45) is 6.63. The third kappa shape index (κ3) is 3.95. The SMILES string of the molecule is CN1[CH-]N(c2[c-]cccc2)c2ccccc21.Cc1cccc2c3cccnc3n3[c-]cnc3c12.[Ir+3]. The van der Waals surface area contributed by atoms with Gasteiger partial charge in [0.2, 0.25) is 0 Å². The van der Waals surface area contributed by atoms with Crippen LogP contribution >= 0.6 is 0 Å². The molecule has 0 amide bonds. The fourth-order valence-electron chi connectivity index (χ4n) is 4.57. The molecule has 1 aliphatic rings. The Balaban J connectivity index is 0.000000142. The van der Waals surface area contributed by atoms with Crippen LogP contribution in [0, 0.1) is 25.9 Å². The van der Waals surface area contributed by atoms with Crippen molar-refractivity contribution in [1.82, 2.24) is 14.4 Å². The first-order valence-corrected chi connectivity index (χ1v) is 11.2. The second-order valence-corrected chi connectivity index (χ2v) is 8.25. The number of para-hydroxylation sites is 3. The average molecular weight is 633 g/mol. The Morgan fingerprint density at radius 3 is 2.43 bits per heavy atom. The van der Waals surface area contributed by atoms with Crippen molar-refractivity contribution in [3.8, 4) is 0 Å². The summed E-state index contributed by atoms with van der Waals surface area (Å²) in [6, 6.07) is 30.0. The van der Waals surface area contributed by atoms with Crippen LogP contribution in [0.5, 0.6) is 0 Å². The molecule has 6 heteroatoms. The molecule has 0 aliphatic carbocycles. The molecule has 5 nitrogen and oxygen atoms in total. The zero-order valence-corrected chi connectivity index (χ0v) is 21.7. The standard InChI is InChI=1S/C15H10N3.C14H12N2.Ir/c1-10-4-2-5-11-12-6-3-7-16-14(12)18-9-8-17-15(18)13(10)11;1-15-11-16(12-7-3-2-4-8-12)14-10-6-5-9-13(14)15;/h2-8H,1H3;2-7,9-11H,1H3;/q-1;-2;+3. The molecule has 3 aromatic carbocycles. The van der Waals surface area contributed by atoms with Crippen LogP contribution in [0.4, 0.5) is 17.1 Å². The molecule has 3 aromatic heterocycles. The smallest absolute Gasteiger partial charge is 0.504 e. The van der Waals surface area contributed by atoms with E-state index < -0.39 is 0 Å². The predicted molar refractivity (Wildman–Crippen MR) is 138 cm³/mol. The second kappa shape index (κ2) is 9.49. The summed E-state index contributed by atoms with van der Waals surface area (Å²) in [5, 5.41) is 3.52. The van der Waals surface area contributed by atoms with E-state index in [0.29, 0.717) is 0 Å². The quantitative estimate of drug-likeness (QED) is 0.157. The van der Waals surface area contributed by atoms with Crippen molar-refractivity contribution in [3.05, 3.63) is 116 Å². The number of benzene rings is 3. The topological polar surface area (TPSA) is 36.7 Å². The third-order valence-corrected chi connectivity index (χ3v) is 6.13. The predicted octanol–water partition coefficient (Wildman–Crippen LogP) is 6.34. The summed E-state index contributed by atoms with van der Waals surface area (Å²) >= 11 is 0. The van der Waals surface area contributed by atoms with Gasteiger partial charge in [-0.15, -0.1) is 5.69 Å². The molecule has 0 unspecified atom stereocenters. The van der Waals surface area contributed by atoms with Crippen LogP contribution in [-0.2, 0) is 20.1 Å². The van der Waals surface area contributed by atoms with Gasteiger partial charge in [0.25, 0.3) is 0 Å². The molecule has 0 atom stereocenters. The van der Waals surface area contributed by atoms with Crippen LogP contribution in [0.1, 0.15) is 5.56 Å². The number of anilines is 3. The van der Waals surface area contributed by atoms with Crippen LogP contribution in [0.15, 0.2) is 91.3 Å². The van der Waals surface area contributed by atoms with Gasteiger partial charge in [-0.1, -0.05) is 48.2 Å². The maximum Gasteiger partial charge on any atom is 3.00 e. The van der Waals surface area contributed by atoms with Gasteiger partial charge in [-0.05, 0) is 54.5 Å². The molecule has 1 aliphatic heterocycles. The molecule has 0 radical (unpaired) electrons. The summed E-state index contributed by atoms with van der Waals surface area (Å²) in [5.74, 6) is 0. The normalized spacial score (nSPS) is 12.4.